The molecule has 0 bridgehead atoms. The van der Waals surface area contributed by atoms with Crippen LogP contribution in [0.1, 0.15) is 73.3 Å². The number of esters is 3. The second-order valence-electron chi connectivity index (χ2n) is 14.1. The number of benzene rings is 1. The van der Waals surface area contributed by atoms with Gasteiger partial charge in [0.1, 0.15) is 30.2 Å². The van der Waals surface area contributed by atoms with Gasteiger partial charge in [0.25, 0.3) is 0 Å². The molecule has 0 saturated heterocycles. The van der Waals surface area contributed by atoms with Crippen LogP contribution in [0.5, 0.6) is 0 Å². The first-order valence-corrected chi connectivity index (χ1v) is 15.0. The zero-order chi connectivity index (χ0) is 30.8. The number of fused-ring (bicyclic) bond motifs is 4. The van der Waals surface area contributed by atoms with Crippen LogP contribution in [-0.2, 0) is 44.7 Å². The molecule has 0 spiro atoms. The van der Waals surface area contributed by atoms with Crippen molar-refractivity contribution >= 4 is 23.7 Å². The van der Waals surface area contributed by atoms with Crippen LogP contribution in [0, 0.1) is 39.9 Å². The van der Waals surface area contributed by atoms with Crippen molar-refractivity contribution in [3.8, 4) is 0 Å². The molecule has 10 unspecified atom stereocenters. The van der Waals surface area contributed by atoms with E-state index in [-0.39, 0.29) is 43.7 Å². The number of hydrogen-bond donors (Lipinski definition) is 1. The van der Waals surface area contributed by atoms with Crippen LogP contribution in [0.2, 0.25) is 0 Å². The molecule has 9 nitrogen and oxygen atoms in total. The third-order valence-electron chi connectivity index (χ3n) is 11.1. The van der Waals surface area contributed by atoms with Crippen molar-refractivity contribution in [2.24, 2.45) is 39.9 Å². The summed E-state index contributed by atoms with van der Waals surface area (Å²) in [7, 11) is 0. The molecule has 0 amide bonds. The summed E-state index contributed by atoms with van der Waals surface area (Å²) in [5.74, 6) is -3.30. The van der Waals surface area contributed by atoms with Crippen LogP contribution < -0.4 is 0 Å². The van der Waals surface area contributed by atoms with Crippen molar-refractivity contribution in [2.75, 3.05) is 6.61 Å². The van der Waals surface area contributed by atoms with Gasteiger partial charge in [0.15, 0.2) is 0 Å². The fraction of sp³-hybridized carbons (Fsp3) is 0.697. The number of hydrogen-bond acceptors (Lipinski definition) is 9. The summed E-state index contributed by atoms with van der Waals surface area (Å²) in [5.41, 5.74) is -3.50. The summed E-state index contributed by atoms with van der Waals surface area (Å²) < 4.78 is 24.6. The van der Waals surface area contributed by atoms with Crippen LogP contribution in [0.3, 0.4) is 0 Å². The fourth-order valence-electron chi connectivity index (χ4n) is 9.50. The molecule has 1 aromatic carbocycles. The van der Waals surface area contributed by atoms with Gasteiger partial charge in [-0.1, -0.05) is 58.0 Å². The van der Waals surface area contributed by atoms with Crippen molar-refractivity contribution in [1.82, 2.24) is 0 Å². The normalized spacial score (nSPS) is 41.4. The summed E-state index contributed by atoms with van der Waals surface area (Å²) in [4.78, 5) is 51.7. The summed E-state index contributed by atoms with van der Waals surface area (Å²) in [6, 6.07) is 9.65. The van der Waals surface area contributed by atoms with E-state index in [1.165, 1.54) is 20.8 Å². The average molecular weight is 585 g/mol. The molecule has 1 N–H and O–H groups in total. The van der Waals surface area contributed by atoms with Gasteiger partial charge in [-0.05, 0) is 36.7 Å². The Morgan fingerprint density at radius 2 is 1.57 bits per heavy atom. The van der Waals surface area contributed by atoms with Crippen LogP contribution in [0.25, 0.3) is 0 Å². The lowest BCUT2D eigenvalue weighted by Crippen LogP contribution is -2.74. The molecule has 4 aliphatic carbocycles. The van der Waals surface area contributed by atoms with Gasteiger partial charge >= 0.3 is 17.9 Å². The van der Waals surface area contributed by atoms with E-state index >= 15 is 0 Å². The molecule has 5 rings (SSSR count). The van der Waals surface area contributed by atoms with E-state index < -0.39 is 69.9 Å². The molecule has 10 atom stereocenters. The van der Waals surface area contributed by atoms with Gasteiger partial charge in [0.05, 0.1) is 24.0 Å². The zero-order valence-electron chi connectivity index (χ0n) is 25.7. The predicted molar refractivity (Wildman–Crippen MR) is 151 cm³/mol. The average Bonchev–Trinajstić information content (AvgIpc) is 3.40. The molecule has 42 heavy (non-hydrogen) atoms. The van der Waals surface area contributed by atoms with E-state index in [2.05, 4.69) is 0 Å². The van der Waals surface area contributed by atoms with Crippen LogP contribution in [0.4, 0.5) is 0 Å². The Morgan fingerprint density at radius 3 is 2.17 bits per heavy atom. The van der Waals surface area contributed by atoms with Crippen LogP contribution >= 0.6 is 0 Å². The Morgan fingerprint density at radius 1 is 0.929 bits per heavy atom. The molecule has 4 fully saturated rings. The molecule has 4 saturated carbocycles. The topological polar surface area (TPSA) is 125 Å². The number of carbonyl (C=O) groups is 4. The lowest BCUT2D eigenvalue weighted by molar-refractivity contribution is -0.297. The SMILES string of the molecule is CC(=O)OCC12CC3C(=O)C(C)(C)CC3C1(C)C(OC(C)=O)C1(O)CC(C)C(OCc3ccccc3)C1C2OC(C)=O. The van der Waals surface area contributed by atoms with E-state index in [9.17, 15) is 24.3 Å². The summed E-state index contributed by atoms with van der Waals surface area (Å²) in [5, 5.41) is 12.8. The van der Waals surface area contributed by atoms with Gasteiger partial charge in [-0.15, -0.1) is 0 Å². The minimum Gasteiger partial charge on any atom is -0.465 e. The van der Waals surface area contributed by atoms with E-state index in [4.69, 9.17) is 18.9 Å². The predicted octanol–water partition coefficient (Wildman–Crippen LogP) is 4.03. The molecule has 0 aromatic heterocycles. The molecule has 0 aliphatic heterocycles. The van der Waals surface area contributed by atoms with E-state index in [0.29, 0.717) is 6.42 Å². The number of ketones is 1. The minimum absolute atomic E-state index is 0.0795. The highest BCUT2D eigenvalue weighted by Gasteiger charge is 2.83. The first-order valence-electron chi connectivity index (χ1n) is 15.0. The molecular weight excluding hydrogens is 540 g/mol. The Labute approximate surface area is 247 Å². The Balaban J connectivity index is 1.71. The molecular formula is C33H44O9. The third kappa shape index (κ3) is 4.50. The van der Waals surface area contributed by atoms with E-state index in [0.717, 1.165) is 5.56 Å². The molecule has 0 radical (unpaired) electrons. The number of ether oxygens (including phenoxy) is 4. The van der Waals surface area contributed by atoms with E-state index in [1.807, 2.05) is 58.0 Å². The highest BCUT2D eigenvalue weighted by Crippen LogP contribution is 2.75. The minimum atomic E-state index is -1.63. The van der Waals surface area contributed by atoms with Gasteiger partial charge in [0.2, 0.25) is 0 Å². The standard InChI is InChI=1S/C33H44O9/c1-18-13-33(38)25(26(18)39-16-22-11-9-8-10-12-22)28(41-20(3)35)32(17-40-19(2)34)14-23-24(15-30(5,6)27(23)37)31(32,7)29(33)42-21(4)36/h8-12,18,23-26,28-29,38H,13-17H2,1-7H3. The van der Waals surface area contributed by atoms with E-state index in [1.54, 1.807) is 0 Å². The largest absolute Gasteiger partial charge is 0.465 e. The maximum Gasteiger partial charge on any atom is 0.303 e. The number of aliphatic hydroxyl groups is 1. The lowest BCUT2D eigenvalue weighted by Gasteiger charge is -2.63. The molecule has 0 heterocycles. The fourth-order valence-corrected chi connectivity index (χ4v) is 9.50. The number of rotatable bonds is 7. The van der Waals surface area contributed by atoms with Crippen molar-refractivity contribution in [3.63, 3.8) is 0 Å². The Bertz CT molecular complexity index is 1260. The van der Waals surface area contributed by atoms with Gasteiger partial charge in [0, 0.05) is 37.5 Å². The first-order chi connectivity index (χ1) is 19.6. The van der Waals surface area contributed by atoms with Crippen molar-refractivity contribution in [1.29, 1.82) is 0 Å². The van der Waals surface area contributed by atoms with Crippen molar-refractivity contribution in [2.45, 2.75) is 98.2 Å². The smallest absolute Gasteiger partial charge is 0.303 e. The quantitative estimate of drug-likeness (QED) is 0.374. The number of carbonyl (C=O) groups excluding carboxylic acids is 4. The second-order valence-corrected chi connectivity index (χ2v) is 14.1. The first kappa shape index (κ1) is 30.7. The van der Waals surface area contributed by atoms with Gasteiger partial charge < -0.3 is 24.1 Å². The molecule has 230 valence electrons. The summed E-state index contributed by atoms with van der Waals surface area (Å²) >= 11 is 0. The van der Waals surface area contributed by atoms with Crippen molar-refractivity contribution in [3.05, 3.63) is 35.9 Å². The van der Waals surface area contributed by atoms with Crippen molar-refractivity contribution < 1.29 is 43.2 Å². The van der Waals surface area contributed by atoms with Crippen LogP contribution in [0.15, 0.2) is 30.3 Å². The maximum atomic E-state index is 13.8. The Kier molecular flexibility index (Phi) is 7.62. The highest BCUT2D eigenvalue weighted by atomic mass is 16.6. The van der Waals surface area contributed by atoms with Crippen LogP contribution in [-0.4, -0.2) is 59.3 Å². The monoisotopic (exact) mass is 584 g/mol. The van der Waals surface area contributed by atoms with Gasteiger partial charge in [-0.3, -0.25) is 19.2 Å². The molecule has 1 aromatic rings. The lowest BCUT2D eigenvalue weighted by atomic mass is 9.46. The Hall–Kier alpha value is -2.78. The van der Waals surface area contributed by atoms with Gasteiger partial charge in [-0.2, -0.15) is 0 Å². The van der Waals surface area contributed by atoms with Gasteiger partial charge in [-0.25, -0.2) is 0 Å². The maximum absolute atomic E-state index is 13.8. The molecule has 4 aliphatic rings. The number of Topliss-reactive ketones (excluding diaryl/α,β-unsaturated/α-hetero) is 1. The zero-order valence-corrected chi connectivity index (χ0v) is 25.7. The second kappa shape index (κ2) is 10.4. The molecule has 9 heteroatoms. The third-order valence-corrected chi connectivity index (χ3v) is 11.1. The summed E-state index contributed by atoms with van der Waals surface area (Å²) in [6.45, 7) is 11.8. The summed E-state index contributed by atoms with van der Waals surface area (Å²) in [6.07, 6.45) is -1.59. The highest BCUT2D eigenvalue weighted by molar-refractivity contribution is 5.89.